The fraction of sp³-hybridized carbons (Fsp3) is 0.800. The lowest BCUT2D eigenvalue weighted by molar-refractivity contribution is -0.145. The number of hydrogen-bond acceptors (Lipinski definition) is 4. The lowest BCUT2D eigenvalue weighted by atomic mass is 10.2. The molecule has 0 aromatic heterocycles. The van der Waals surface area contributed by atoms with Crippen LogP contribution in [0.5, 0.6) is 0 Å². The van der Waals surface area contributed by atoms with Crippen molar-refractivity contribution in [3.8, 4) is 0 Å². The normalized spacial score (nSPS) is 30.5. The maximum Gasteiger partial charge on any atom is 0.330 e. The molecule has 11 heavy (non-hydrogen) atoms. The van der Waals surface area contributed by atoms with Gasteiger partial charge in [-0.15, -0.1) is 4.91 Å². The van der Waals surface area contributed by atoms with E-state index in [9.17, 15) is 9.70 Å². The molecule has 1 aliphatic heterocycles. The molecule has 1 rings (SSSR count). The molecule has 1 heterocycles. The molecule has 1 fully saturated rings. The third-order valence-electron chi connectivity index (χ3n) is 1.70. The van der Waals surface area contributed by atoms with Crippen molar-refractivity contribution in [2.45, 2.75) is 18.6 Å². The minimum atomic E-state index is -1.21. The Morgan fingerprint density at radius 1 is 1.64 bits per heavy atom. The summed E-state index contributed by atoms with van der Waals surface area (Å²) in [5.74, 6) is -1.21. The average molecular weight is 160 g/mol. The van der Waals surface area contributed by atoms with E-state index in [0.717, 1.165) is 5.01 Å². The number of rotatable bonds is 2. The first-order valence-corrected chi connectivity index (χ1v) is 3.17. The second kappa shape index (κ2) is 2.83. The van der Waals surface area contributed by atoms with Crippen LogP contribution in [-0.2, 0) is 4.79 Å². The Morgan fingerprint density at radius 3 is 2.64 bits per heavy atom. The first kappa shape index (κ1) is 7.93. The number of aliphatic hydroxyl groups is 1. The molecule has 6 nitrogen and oxygen atoms in total. The van der Waals surface area contributed by atoms with Gasteiger partial charge in [-0.05, 0) is 6.42 Å². The van der Waals surface area contributed by atoms with Gasteiger partial charge in [-0.25, -0.2) is 9.80 Å². The maximum absolute atomic E-state index is 10.4. The highest BCUT2D eigenvalue weighted by atomic mass is 16.4. The second-order valence-corrected chi connectivity index (χ2v) is 2.38. The highest BCUT2D eigenvalue weighted by molar-refractivity contribution is 5.74. The summed E-state index contributed by atoms with van der Waals surface area (Å²) >= 11 is 0. The summed E-state index contributed by atoms with van der Waals surface area (Å²) in [5, 5.41) is 20.8. The van der Waals surface area contributed by atoms with Gasteiger partial charge in [0.15, 0.2) is 6.04 Å². The molecule has 0 radical (unpaired) electrons. The number of hydrogen-bond donors (Lipinski definition) is 2. The van der Waals surface area contributed by atoms with Crippen LogP contribution < -0.4 is 0 Å². The minimum Gasteiger partial charge on any atom is -0.480 e. The summed E-state index contributed by atoms with van der Waals surface area (Å²) in [4.78, 5) is 20.3. The molecule has 1 saturated heterocycles. The van der Waals surface area contributed by atoms with Gasteiger partial charge in [0, 0.05) is 6.54 Å². The fourth-order valence-electron chi connectivity index (χ4n) is 1.14. The molecule has 0 aromatic rings. The number of nitroso groups, excluding NO2 is 1. The predicted molar refractivity (Wildman–Crippen MR) is 34.5 cm³/mol. The van der Waals surface area contributed by atoms with Crippen molar-refractivity contribution in [1.29, 1.82) is 0 Å². The van der Waals surface area contributed by atoms with E-state index in [1.807, 2.05) is 0 Å². The molecule has 62 valence electrons. The highest BCUT2D eigenvalue weighted by Gasteiger charge is 2.38. The maximum atomic E-state index is 10.4. The molecule has 0 spiro atoms. The summed E-state index contributed by atoms with van der Waals surface area (Å²) in [7, 11) is 0. The van der Waals surface area contributed by atoms with Crippen LogP contribution in [-0.4, -0.2) is 39.9 Å². The molecule has 6 heteroatoms. The summed E-state index contributed by atoms with van der Waals surface area (Å²) < 4.78 is 0. The zero-order valence-electron chi connectivity index (χ0n) is 5.67. The number of carboxylic acid groups (broad SMARTS) is 1. The average Bonchev–Trinajstić information content (AvgIpc) is 2.30. The van der Waals surface area contributed by atoms with E-state index < -0.39 is 18.1 Å². The van der Waals surface area contributed by atoms with Gasteiger partial charge < -0.3 is 10.2 Å². The SMILES string of the molecule is O=NN1CC[C@@H](O)[C@H]1C(=O)O. The quantitative estimate of drug-likeness (QED) is 0.515. The number of aliphatic carboxylic acids is 1. The summed E-state index contributed by atoms with van der Waals surface area (Å²) in [6.07, 6.45) is -0.701. The molecule has 0 amide bonds. The molecule has 0 bridgehead atoms. The van der Waals surface area contributed by atoms with Crippen LogP contribution in [0.25, 0.3) is 0 Å². The van der Waals surface area contributed by atoms with Crippen LogP contribution in [0.3, 0.4) is 0 Å². The topological polar surface area (TPSA) is 90.2 Å². The van der Waals surface area contributed by atoms with Gasteiger partial charge in [0.1, 0.15) is 0 Å². The zero-order chi connectivity index (χ0) is 8.43. The van der Waals surface area contributed by atoms with E-state index in [-0.39, 0.29) is 13.0 Å². The van der Waals surface area contributed by atoms with Gasteiger partial charge in [-0.2, -0.15) is 0 Å². The molecule has 2 N–H and O–H groups in total. The van der Waals surface area contributed by atoms with Gasteiger partial charge in [0.25, 0.3) is 0 Å². The first-order valence-electron chi connectivity index (χ1n) is 3.17. The number of carboxylic acids is 1. The van der Waals surface area contributed by atoms with Crippen molar-refractivity contribution in [3.63, 3.8) is 0 Å². The third kappa shape index (κ3) is 1.30. The van der Waals surface area contributed by atoms with E-state index in [1.54, 1.807) is 0 Å². The van der Waals surface area contributed by atoms with Crippen LogP contribution in [0.4, 0.5) is 0 Å². The Labute approximate surface area is 62.4 Å². The van der Waals surface area contributed by atoms with Crippen molar-refractivity contribution >= 4 is 5.97 Å². The van der Waals surface area contributed by atoms with E-state index in [0.29, 0.717) is 0 Å². The molecular formula is C5H8N2O4. The van der Waals surface area contributed by atoms with Crippen molar-refractivity contribution in [3.05, 3.63) is 4.91 Å². The number of aliphatic hydroxyl groups excluding tert-OH is 1. The summed E-state index contributed by atoms with van der Waals surface area (Å²) in [6, 6.07) is -1.16. The van der Waals surface area contributed by atoms with Gasteiger partial charge in [0.05, 0.1) is 11.4 Å². The first-order chi connectivity index (χ1) is 5.16. The van der Waals surface area contributed by atoms with Crippen LogP contribution in [0.15, 0.2) is 5.29 Å². The van der Waals surface area contributed by atoms with E-state index in [1.165, 1.54) is 0 Å². The fourth-order valence-corrected chi connectivity index (χ4v) is 1.14. The van der Waals surface area contributed by atoms with Gasteiger partial charge in [-0.3, -0.25) is 0 Å². The predicted octanol–water partition coefficient (Wildman–Crippen LogP) is -0.812. The summed E-state index contributed by atoms with van der Waals surface area (Å²) in [6.45, 7) is 0.210. The zero-order valence-corrected chi connectivity index (χ0v) is 5.67. The molecular weight excluding hydrogens is 152 g/mol. The van der Waals surface area contributed by atoms with Crippen molar-refractivity contribution < 1.29 is 15.0 Å². The molecule has 0 aromatic carbocycles. The van der Waals surface area contributed by atoms with Crippen LogP contribution >= 0.6 is 0 Å². The Balaban J connectivity index is 2.70. The molecule has 1 aliphatic rings. The Bertz CT molecular complexity index is 183. The smallest absolute Gasteiger partial charge is 0.330 e. The highest BCUT2D eigenvalue weighted by Crippen LogP contribution is 2.17. The van der Waals surface area contributed by atoms with E-state index >= 15 is 0 Å². The Hall–Kier alpha value is -1.17. The van der Waals surface area contributed by atoms with Gasteiger partial charge >= 0.3 is 5.97 Å². The van der Waals surface area contributed by atoms with Crippen LogP contribution in [0, 0.1) is 4.91 Å². The molecule has 0 aliphatic carbocycles. The van der Waals surface area contributed by atoms with Crippen molar-refractivity contribution in [2.75, 3.05) is 6.54 Å². The van der Waals surface area contributed by atoms with Gasteiger partial charge in [-0.1, -0.05) is 0 Å². The molecule has 0 saturated carbocycles. The summed E-state index contributed by atoms with van der Waals surface area (Å²) in [5.41, 5.74) is 0. The Morgan fingerprint density at radius 2 is 2.27 bits per heavy atom. The standard InChI is InChI=1S/C5H8N2O4/c8-3-1-2-7(6-11)4(3)5(9)10/h3-4,8H,1-2H2,(H,9,10)/t3-,4+/m1/s1. The minimum absolute atomic E-state index is 0.210. The largest absolute Gasteiger partial charge is 0.480 e. The van der Waals surface area contributed by atoms with Gasteiger partial charge in [0.2, 0.25) is 0 Å². The molecule has 2 atom stereocenters. The second-order valence-electron chi connectivity index (χ2n) is 2.38. The lowest BCUT2D eigenvalue weighted by Gasteiger charge is -2.14. The van der Waals surface area contributed by atoms with Crippen LogP contribution in [0.1, 0.15) is 6.42 Å². The van der Waals surface area contributed by atoms with E-state index in [2.05, 4.69) is 5.29 Å². The lowest BCUT2D eigenvalue weighted by Crippen LogP contribution is -2.38. The van der Waals surface area contributed by atoms with Crippen molar-refractivity contribution in [1.82, 2.24) is 5.01 Å². The monoisotopic (exact) mass is 160 g/mol. The third-order valence-corrected chi connectivity index (χ3v) is 1.70. The Kier molecular flexibility index (Phi) is 2.04. The molecule has 0 unspecified atom stereocenters. The van der Waals surface area contributed by atoms with E-state index in [4.69, 9.17) is 10.2 Å². The van der Waals surface area contributed by atoms with Crippen LogP contribution in [0.2, 0.25) is 0 Å². The van der Waals surface area contributed by atoms with Crippen molar-refractivity contribution in [2.24, 2.45) is 5.29 Å². The number of nitrogens with zero attached hydrogens (tertiary/aromatic N) is 2. The number of carbonyl (C=O) groups is 1.